The number of carbonyl (C=O) groups excluding carboxylic acids is 2. The highest BCUT2D eigenvalue weighted by Gasteiger charge is 2.40. The molecule has 0 fully saturated rings. The summed E-state index contributed by atoms with van der Waals surface area (Å²) in [4.78, 5) is 32.3. The molecule has 1 aromatic heterocycles. The van der Waals surface area contributed by atoms with Crippen LogP contribution in [-0.4, -0.2) is 51.5 Å². The van der Waals surface area contributed by atoms with Crippen LogP contribution in [0.3, 0.4) is 0 Å². The number of hydrogen-bond donors (Lipinski definition) is 2. The van der Waals surface area contributed by atoms with Crippen LogP contribution in [0.2, 0.25) is 0 Å². The highest BCUT2D eigenvalue weighted by molar-refractivity contribution is 8.14. The van der Waals surface area contributed by atoms with Crippen LogP contribution >= 0.6 is 23.1 Å². The van der Waals surface area contributed by atoms with Crippen LogP contribution in [0, 0.1) is 0 Å². The summed E-state index contributed by atoms with van der Waals surface area (Å²) in [7, 11) is 1.35. The number of aliphatic hydroxyl groups is 1. The van der Waals surface area contributed by atoms with Gasteiger partial charge >= 0.3 is 5.97 Å². The van der Waals surface area contributed by atoms with Crippen molar-refractivity contribution in [1.82, 2.24) is 10.3 Å². The molecule has 1 aromatic rings. The number of carbonyl (C=O) groups is 2. The SMILES string of the molecule is C=C[C@H](O)CC(=O)NCc1nc(C2=N[C@](C)(C(=O)OC)CS2)cs1. The Bertz CT molecular complexity index is 673. The minimum absolute atomic E-state index is 0.0260. The molecule has 2 atom stereocenters. The predicted molar refractivity (Wildman–Crippen MR) is 94.2 cm³/mol. The van der Waals surface area contributed by atoms with E-state index in [1.807, 2.05) is 5.38 Å². The van der Waals surface area contributed by atoms with Gasteiger partial charge in [-0.25, -0.2) is 9.78 Å². The number of thiazole rings is 1. The molecule has 1 amide bonds. The number of nitrogens with zero attached hydrogens (tertiary/aromatic N) is 2. The van der Waals surface area contributed by atoms with E-state index in [2.05, 4.69) is 21.9 Å². The monoisotopic (exact) mass is 369 g/mol. The third kappa shape index (κ3) is 4.43. The normalized spacial score (nSPS) is 21.0. The molecule has 0 saturated heterocycles. The summed E-state index contributed by atoms with van der Waals surface area (Å²) in [6.45, 7) is 5.43. The van der Waals surface area contributed by atoms with Crippen LogP contribution in [0.15, 0.2) is 23.0 Å². The number of aromatic nitrogens is 1. The van der Waals surface area contributed by atoms with Crippen molar-refractivity contribution in [3.8, 4) is 0 Å². The molecule has 130 valence electrons. The molecule has 0 radical (unpaired) electrons. The largest absolute Gasteiger partial charge is 0.467 e. The van der Waals surface area contributed by atoms with Gasteiger partial charge in [0, 0.05) is 11.1 Å². The van der Waals surface area contributed by atoms with Gasteiger partial charge in [-0.3, -0.25) is 9.79 Å². The highest BCUT2D eigenvalue weighted by atomic mass is 32.2. The topological polar surface area (TPSA) is 101 Å². The molecule has 2 N–H and O–H groups in total. The Morgan fingerprint density at radius 1 is 1.62 bits per heavy atom. The van der Waals surface area contributed by atoms with Gasteiger partial charge in [-0.2, -0.15) is 0 Å². The number of nitrogens with one attached hydrogen (secondary N) is 1. The lowest BCUT2D eigenvalue weighted by Crippen LogP contribution is -2.34. The standard InChI is InChI=1S/C15H19N3O4S2/c1-4-9(19)5-11(20)16-6-12-17-10(7-23-12)13-18-15(2,8-24-13)14(21)22-3/h4,7,9,19H,1,5-6,8H2,2-3H3,(H,16,20)/t9-,15-/m0/s1. The fourth-order valence-electron chi connectivity index (χ4n) is 1.96. The summed E-state index contributed by atoms with van der Waals surface area (Å²) in [5, 5.41) is 15.3. The number of aliphatic hydroxyl groups excluding tert-OH is 1. The summed E-state index contributed by atoms with van der Waals surface area (Å²) in [5.41, 5.74) is -0.193. The molecule has 1 aliphatic heterocycles. The van der Waals surface area contributed by atoms with Crippen molar-refractivity contribution >= 4 is 40.0 Å². The first-order valence-corrected chi connectivity index (χ1v) is 9.07. The number of aliphatic imine (C=N–C) groups is 1. The number of amides is 1. The fourth-order valence-corrected chi connectivity index (χ4v) is 3.87. The van der Waals surface area contributed by atoms with Gasteiger partial charge in [0.15, 0.2) is 5.54 Å². The van der Waals surface area contributed by atoms with Crippen molar-refractivity contribution in [3.63, 3.8) is 0 Å². The number of rotatable bonds is 7. The lowest BCUT2D eigenvalue weighted by Gasteiger charge is -2.15. The Kier molecular flexibility index (Phi) is 6.14. The second kappa shape index (κ2) is 7.91. The zero-order valence-electron chi connectivity index (χ0n) is 13.4. The second-order valence-corrected chi connectivity index (χ2v) is 7.29. The van der Waals surface area contributed by atoms with E-state index in [1.54, 1.807) is 6.92 Å². The van der Waals surface area contributed by atoms with Gasteiger partial charge in [-0.1, -0.05) is 6.08 Å². The zero-order chi connectivity index (χ0) is 17.7. The maximum atomic E-state index is 11.8. The van der Waals surface area contributed by atoms with Crippen molar-refractivity contribution in [2.24, 2.45) is 4.99 Å². The van der Waals surface area contributed by atoms with Gasteiger partial charge in [0.1, 0.15) is 15.7 Å². The quantitative estimate of drug-likeness (QED) is 0.552. The highest BCUT2D eigenvalue weighted by Crippen LogP contribution is 2.32. The Morgan fingerprint density at radius 3 is 3.04 bits per heavy atom. The van der Waals surface area contributed by atoms with Gasteiger partial charge in [0.2, 0.25) is 5.91 Å². The van der Waals surface area contributed by atoms with Gasteiger partial charge in [0.25, 0.3) is 0 Å². The Labute approximate surface area is 148 Å². The van der Waals surface area contributed by atoms with Crippen LogP contribution in [-0.2, 0) is 20.9 Å². The number of hydrogen-bond acceptors (Lipinski definition) is 8. The lowest BCUT2D eigenvalue weighted by molar-refractivity contribution is -0.145. The zero-order valence-corrected chi connectivity index (χ0v) is 15.1. The maximum absolute atomic E-state index is 11.8. The molecule has 24 heavy (non-hydrogen) atoms. The van der Waals surface area contributed by atoms with Gasteiger partial charge in [-0.15, -0.1) is 29.7 Å². The summed E-state index contributed by atoms with van der Waals surface area (Å²) < 4.78 is 4.78. The Morgan fingerprint density at radius 2 is 2.38 bits per heavy atom. The lowest BCUT2D eigenvalue weighted by atomic mass is 10.1. The minimum atomic E-state index is -0.881. The average molecular weight is 369 g/mol. The summed E-state index contributed by atoms with van der Waals surface area (Å²) in [6, 6.07) is 0. The molecule has 0 aliphatic carbocycles. The van der Waals surface area contributed by atoms with Gasteiger partial charge in [0.05, 0.1) is 26.2 Å². The Hall–Kier alpha value is -1.71. The smallest absolute Gasteiger partial charge is 0.334 e. The molecule has 9 heteroatoms. The van der Waals surface area contributed by atoms with E-state index < -0.39 is 11.6 Å². The third-order valence-electron chi connectivity index (χ3n) is 3.34. The molecular weight excluding hydrogens is 350 g/mol. The Balaban J connectivity index is 1.96. The van der Waals surface area contributed by atoms with Crippen molar-refractivity contribution < 1.29 is 19.4 Å². The van der Waals surface area contributed by atoms with E-state index >= 15 is 0 Å². The van der Waals surface area contributed by atoms with Crippen LogP contribution in [0.25, 0.3) is 0 Å². The molecule has 0 aromatic carbocycles. The molecule has 0 unspecified atom stereocenters. The van der Waals surface area contributed by atoms with Crippen molar-refractivity contribution in [2.45, 2.75) is 31.5 Å². The first-order chi connectivity index (χ1) is 11.4. The number of thioether (sulfide) groups is 1. The van der Waals surface area contributed by atoms with E-state index in [0.29, 0.717) is 16.5 Å². The van der Waals surface area contributed by atoms with Crippen LogP contribution < -0.4 is 5.32 Å². The number of esters is 1. The summed E-state index contributed by atoms with van der Waals surface area (Å²) >= 11 is 2.86. The van der Waals surface area contributed by atoms with Crippen LogP contribution in [0.5, 0.6) is 0 Å². The molecule has 7 nitrogen and oxygen atoms in total. The molecule has 2 rings (SSSR count). The molecule has 0 bridgehead atoms. The predicted octanol–water partition coefficient (Wildman–Crippen LogP) is 1.12. The van der Waals surface area contributed by atoms with Crippen LogP contribution in [0.4, 0.5) is 0 Å². The first-order valence-electron chi connectivity index (χ1n) is 7.21. The first kappa shape index (κ1) is 18.6. The number of ether oxygens (including phenoxy) is 1. The van der Waals surface area contributed by atoms with Crippen molar-refractivity contribution in [3.05, 3.63) is 28.7 Å². The van der Waals surface area contributed by atoms with E-state index in [-0.39, 0.29) is 24.8 Å². The minimum Gasteiger partial charge on any atom is -0.467 e. The van der Waals surface area contributed by atoms with Crippen molar-refractivity contribution in [1.29, 1.82) is 0 Å². The third-order valence-corrected chi connectivity index (χ3v) is 5.47. The van der Waals surface area contributed by atoms with E-state index in [1.165, 1.54) is 36.3 Å². The van der Waals surface area contributed by atoms with E-state index in [9.17, 15) is 14.7 Å². The van der Waals surface area contributed by atoms with E-state index in [0.717, 1.165) is 5.01 Å². The molecule has 1 aliphatic rings. The molecule has 0 spiro atoms. The van der Waals surface area contributed by atoms with Gasteiger partial charge < -0.3 is 15.2 Å². The van der Waals surface area contributed by atoms with Gasteiger partial charge in [-0.05, 0) is 6.92 Å². The fraction of sp³-hybridized carbons (Fsp3) is 0.467. The summed E-state index contributed by atoms with van der Waals surface area (Å²) in [5.74, 6) is -0.128. The van der Waals surface area contributed by atoms with Crippen LogP contribution in [0.1, 0.15) is 24.0 Å². The number of methoxy groups -OCH3 is 1. The summed E-state index contributed by atoms with van der Waals surface area (Å²) in [6.07, 6.45) is 0.438. The maximum Gasteiger partial charge on any atom is 0.334 e. The van der Waals surface area contributed by atoms with E-state index in [4.69, 9.17) is 4.74 Å². The van der Waals surface area contributed by atoms with Crippen molar-refractivity contribution in [2.75, 3.05) is 12.9 Å². The molecule has 0 saturated carbocycles. The molecular formula is C15H19N3O4S2. The second-order valence-electron chi connectivity index (χ2n) is 5.38. The average Bonchev–Trinajstić information content (AvgIpc) is 3.19. The molecule has 2 heterocycles.